The molecule has 3 rings (SSSR count). The molecule has 0 aromatic heterocycles. The van der Waals surface area contributed by atoms with Crippen LogP contribution in [0.3, 0.4) is 0 Å². The van der Waals surface area contributed by atoms with Gasteiger partial charge in [-0.1, -0.05) is 19.3 Å². The van der Waals surface area contributed by atoms with Crippen molar-refractivity contribution in [2.75, 3.05) is 7.05 Å². The van der Waals surface area contributed by atoms with Crippen molar-refractivity contribution in [2.45, 2.75) is 95.3 Å². The van der Waals surface area contributed by atoms with Gasteiger partial charge in [0.2, 0.25) is 11.8 Å². The molecule has 1 aliphatic carbocycles. The molecule has 5 nitrogen and oxygen atoms in total. The SMILES string of the molecule is CC(NC(=O)CC1CCCCC1)C(=O)N(C)C1CC2CCC(C1)N2.Cl. The van der Waals surface area contributed by atoms with E-state index in [9.17, 15) is 9.59 Å². The van der Waals surface area contributed by atoms with Gasteiger partial charge in [-0.15, -0.1) is 12.4 Å². The lowest BCUT2D eigenvalue weighted by molar-refractivity contribution is -0.137. The lowest BCUT2D eigenvalue weighted by Gasteiger charge is -2.36. The Kier molecular flexibility index (Phi) is 7.56. The van der Waals surface area contributed by atoms with Gasteiger partial charge in [-0.3, -0.25) is 9.59 Å². The van der Waals surface area contributed by atoms with Crippen molar-refractivity contribution in [3.05, 3.63) is 0 Å². The van der Waals surface area contributed by atoms with Gasteiger partial charge in [-0.25, -0.2) is 0 Å². The number of rotatable bonds is 5. The summed E-state index contributed by atoms with van der Waals surface area (Å²) in [4.78, 5) is 26.8. The maximum absolute atomic E-state index is 12.7. The molecule has 2 amide bonds. The smallest absolute Gasteiger partial charge is 0.244 e. The fourth-order valence-corrected chi connectivity index (χ4v) is 4.84. The summed E-state index contributed by atoms with van der Waals surface area (Å²) >= 11 is 0. The van der Waals surface area contributed by atoms with Crippen LogP contribution >= 0.6 is 12.4 Å². The number of carbonyl (C=O) groups excluding carboxylic acids is 2. The zero-order valence-corrected chi connectivity index (χ0v) is 16.4. The monoisotopic (exact) mass is 371 g/mol. The molecule has 3 atom stereocenters. The zero-order chi connectivity index (χ0) is 17.1. The third-order valence-electron chi connectivity index (χ3n) is 6.29. The van der Waals surface area contributed by atoms with Gasteiger partial charge < -0.3 is 15.5 Å². The van der Waals surface area contributed by atoms with Crippen LogP contribution in [0.2, 0.25) is 0 Å². The van der Waals surface area contributed by atoms with Gasteiger partial charge in [0.15, 0.2) is 0 Å². The van der Waals surface area contributed by atoms with Crippen LogP contribution in [-0.4, -0.2) is 47.9 Å². The summed E-state index contributed by atoms with van der Waals surface area (Å²) in [5, 5.41) is 6.55. The molecule has 2 saturated heterocycles. The normalized spacial score (nSPS) is 30.2. The van der Waals surface area contributed by atoms with Gasteiger partial charge in [0, 0.05) is 31.6 Å². The minimum Gasteiger partial charge on any atom is -0.345 e. The van der Waals surface area contributed by atoms with Gasteiger partial charge in [-0.05, 0) is 51.4 Å². The van der Waals surface area contributed by atoms with E-state index in [4.69, 9.17) is 0 Å². The number of nitrogens with one attached hydrogen (secondary N) is 2. The highest BCUT2D eigenvalue weighted by atomic mass is 35.5. The molecular weight excluding hydrogens is 338 g/mol. The van der Waals surface area contributed by atoms with Gasteiger partial charge >= 0.3 is 0 Å². The number of amides is 2. The number of piperidine rings is 1. The van der Waals surface area contributed by atoms with E-state index in [1.165, 1.54) is 32.1 Å². The number of carbonyl (C=O) groups is 2. The molecule has 6 heteroatoms. The van der Waals surface area contributed by atoms with Crippen LogP contribution in [0, 0.1) is 5.92 Å². The molecule has 2 bridgehead atoms. The van der Waals surface area contributed by atoms with E-state index in [0.717, 1.165) is 25.7 Å². The summed E-state index contributed by atoms with van der Waals surface area (Å²) in [5.74, 6) is 0.610. The molecule has 2 heterocycles. The van der Waals surface area contributed by atoms with Crippen molar-refractivity contribution in [1.82, 2.24) is 15.5 Å². The van der Waals surface area contributed by atoms with Crippen molar-refractivity contribution in [3.63, 3.8) is 0 Å². The topological polar surface area (TPSA) is 61.4 Å². The predicted octanol–water partition coefficient (Wildman–Crippen LogP) is 2.62. The van der Waals surface area contributed by atoms with E-state index in [1.807, 2.05) is 18.9 Å². The molecule has 0 spiro atoms. The van der Waals surface area contributed by atoms with Gasteiger partial charge in [0.05, 0.1) is 0 Å². The van der Waals surface area contributed by atoms with E-state index in [-0.39, 0.29) is 24.2 Å². The second kappa shape index (κ2) is 9.22. The molecule has 144 valence electrons. The van der Waals surface area contributed by atoms with Crippen LogP contribution in [-0.2, 0) is 9.59 Å². The quantitative estimate of drug-likeness (QED) is 0.780. The molecule has 3 fully saturated rings. The number of hydrogen-bond donors (Lipinski definition) is 2. The molecule has 3 aliphatic rings. The first-order valence-electron chi connectivity index (χ1n) is 9.85. The first kappa shape index (κ1) is 20.5. The van der Waals surface area contributed by atoms with Gasteiger partial charge in [0.1, 0.15) is 6.04 Å². The lowest BCUT2D eigenvalue weighted by atomic mass is 9.87. The number of halogens is 1. The largest absolute Gasteiger partial charge is 0.345 e. The van der Waals surface area contributed by atoms with Crippen LogP contribution in [0.1, 0.15) is 71.1 Å². The first-order valence-corrected chi connectivity index (χ1v) is 9.85. The van der Waals surface area contributed by atoms with E-state index < -0.39 is 6.04 Å². The summed E-state index contributed by atoms with van der Waals surface area (Å²) in [6.07, 6.45) is 11.2. The minimum atomic E-state index is -0.418. The van der Waals surface area contributed by atoms with E-state index >= 15 is 0 Å². The molecule has 0 aromatic carbocycles. The Balaban J connectivity index is 0.00000225. The van der Waals surface area contributed by atoms with Crippen molar-refractivity contribution < 1.29 is 9.59 Å². The third-order valence-corrected chi connectivity index (χ3v) is 6.29. The molecule has 25 heavy (non-hydrogen) atoms. The molecule has 3 unspecified atom stereocenters. The van der Waals surface area contributed by atoms with Crippen LogP contribution in [0.4, 0.5) is 0 Å². The fourth-order valence-electron chi connectivity index (χ4n) is 4.84. The third kappa shape index (κ3) is 5.33. The van der Waals surface area contributed by atoms with Crippen LogP contribution < -0.4 is 10.6 Å². The first-order chi connectivity index (χ1) is 11.5. The summed E-state index contributed by atoms with van der Waals surface area (Å²) in [7, 11) is 1.90. The predicted molar refractivity (Wildman–Crippen MR) is 102 cm³/mol. The van der Waals surface area contributed by atoms with Gasteiger partial charge in [0.25, 0.3) is 0 Å². The van der Waals surface area contributed by atoms with Crippen molar-refractivity contribution in [1.29, 1.82) is 0 Å². The standard InChI is InChI=1S/C19H33N3O2.ClH/c1-13(20-18(23)10-14-6-4-3-5-7-14)19(24)22(2)17-11-15-8-9-16(12-17)21-15;/h13-17,21H,3-12H2,1-2H3,(H,20,23);1H. The molecule has 1 saturated carbocycles. The van der Waals surface area contributed by atoms with E-state index in [1.54, 1.807) is 0 Å². The summed E-state index contributed by atoms with van der Waals surface area (Å²) in [5.41, 5.74) is 0. The Bertz CT molecular complexity index is 456. The second-order valence-corrected chi connectivity index (χ2v) is 8.21. The molecule has 2 aliphatic heterocycles. The highest BCUT2D eigenvalue weighted by Crippen LogP contribution is 2.29. The number of fused-ring (bicyclic) bond motifs is 2. The number of hydrogen-bond acceptors (Lipinski definition) is 3. The highest BCUT2D eigenvalue weighted by Gasteiger charge is 2.37. The Morgan fingerprint density at radius 2 is 1.68 bits per heavy atom. The van der Waals surface area contributed by atoms with Gasteiger partial charge in [-0.2, -0.15) is 0 Å². The van der Waals surface area contributed by atoms with Crippen molar-refractivity contribution >= 4 is 24.2 Å². The average molecular weight is 372 g/mol. The zero-order valence-electron chi connectivity index (χ0n) is 15.6. The average Bonchev–Trinajstić information content (AvgIpc) is 2.92. The summed E-state index contributed by atoms with van der Waals surface area (Å²) in [6, 6.07) is 1.04. The Hall–Kier alpha value is -0.810. The molecule has 0 aromatic rings. The molecular formula is C19H34ClN3O2. The highest BCUT2D eigenvalue weighted by molar-refractivity contribution is 5.87. The fraction of sp³-hybridized carbons (Fsp3) is 0.895. The van der Waals surface area contributed by atoms with Crippen molar-refractivity contribution in [2.24, 2.45) is 5.92 Å². The maximum atomic E-state index is 12.7. The summed E-state index contributed by atoms with van der Waals surface area (Å²) < 4.78 is 0. The Morgan fingerprint density at radius 1 is 1.08 bits per heavy atom. The van der Waals surface area contributed by atoms with Crippen molar-refractivity contribution in [3.8, 4) is 0 Å². The van der Waals surface area contributed by atoms with Crippen LogP contribution in [0.25, 0.3) is 0 Å². The minimum absolute atomic E-state index is 0. The van der Waals surface area contributed by atoms with E-state index in [2.05, 4.69) is 10.6 Å². The van der Waals surface area contributed by atoms with Crippen LogP contribution in [0.15, 0.2) is 0 Å². The lowest BCUT2D eigenvalue weighted by Crippen LogP contribution is -2.53. The number of likely N-dealkylation sites (N-methyl/N-ethyl adjacent to an activating group) is 1. The summed E-state index contributed by atoms with van der Waals surface area (Å²) in [6.45, 7) is 1.83. The second-order valence-electron chi connectivity index (χ2n) is 8.21. The van der Waals surface area contributed by atoms with E-state index in [0.29, 0.717) is 30.5 Å². The Morgan fingerprint density at radius 3 is 2.28 bits per heavy atom. The molecule has 2 N–H and O–H groups in total. The van der Waals surface area contributed by atoms with Crippen LogP contribution in [0.5, 0.6) is 0 Å². The maximum Gasteiger partial charge on any atom is 0.244 e. The molecule has 0 radical (unpaired) electrons. The Labute approximate surface area is 158 Å². The number of nitrogens with zero attached hydrogens (tertiary/aromatic N) is 1.